The van der Waals surface area contributed by atoms with Crippen molar-refractivity contribution in [3.63, 3.8) is 0 Å². The molecule has 0 saturated carbocycles. The van der Waals surface area contributed by atoms with Crippen molar-refractivity contribution in [2.75, 3.05) is 26.3 Å². The Balaban J connectivity index is 2.21. The van der Waals surface area contributed by atoms with Crippen LogP contribution < -0.4 is 10.1 Å². The predicted octanol–water partition coefficient (Wildman–Crippen LogP) is 0.973. The van der Waals surface area contributed by atoms with Crippen molar-refractivity contribution in [1.29, 1.82) is 0 Å². The Hall–Kier alpha value is -0.770. The summed E-state index contributed by atoms with van der Waals surface area (Å²) in [4.78, 5) is 0. The van der Waals surface area contributed by atoms with Gasteiger partial charge in [-0.15, -0.1) is 0 Å². The molecule has 0 fully saturated rings. The first-order chi connectivity index (χ1) is 7.74. The zero-order chi connectivity index (χ0) is 11.8. The van der Waals surface area contributed by atoms with Gasteiger partial charge in [0.05, 0.1) is 26.3 Å². The second-order valence-electron chi connectivity index (χ2n) is 3.70. The summed E-state index contributed by atoms with van der Waals surface area (Å²) in [5, 5.41) is 11.4. The second-order valence-corrected chi connectivity index (χ2v) is 4.14. The highest BCUT2D eigenvalue weighted by molar-refractivity contribution is 6.30. The molecule has 0 amide bonds. The first kappa shape index (κ1) is 13.3. The summed E-state index contributed by atoms with van der Waals surface area (Å²) in [6.45, 7) is 4.66. The molecule has 3 nitrogen and oxygen atoms in total. The lowest BCUT2D eigenvalue weighted by atomic mass is 10.2. The van der Waals surface area contributed by atoms with Gasteiger partial charge in [-0.3, -0.25) is 0 Å². The summed E-state index contributed by atoms with van der Waals surface area (Å²) in [7, 11) is 0. The molecule has 0 heterocycles. The minimum atomic E-state index is 0.233. The number of aryl methyl sites for hydroxylation is 1. The van der Waals surface area contributed by atoms with Crippen LogP contribution in [-0.2, 0) is 0 Å². The highest BCUT2D eigenvalue weighted by Crippen LogP contribution is 2.21. The molecule has 0 spiro atoms. The van der Waals surface area contributed by atoms with Crippen molar-refractivity contribution in [2.45, 2.75) is 13.3 Å². The Labute approximate surface area is 101 Å². The number of ether oxygens (including phenoxy) is 1. The molecule has 1 aromatic carbocycles. The van der Waals surface area contributed by atoms with Gasteiger partial charge in [-0.25, -0.2) is 0 Å². The molecular weight excluding hydrogens is 226 g/mol. The van der Waals surface area contributed by atoms with E-state index in [4.69, 9.17) is 21.4 Å². The SMILES string of the molecule is Cc1cc(Cl)ccc1OCCC[NH2+]CCO. The minimum absolute atomic E-state index is 0.233. The summed E-state index contributed by atoms with van der Waals surface area (Å²) in [5.74, 6) is 0.895. The maximum Gasteiger partial charge on any atom is 0.122 e. The van der Waals surface area contributed by atoms with E-state index in [1.807, 2.05) is 25.1 Å². The van der Waals surface area contributed by atoms with E-state index in [1.165, 1.54) is 0 Å². The van der Waals surface area contributed by atoms with Gasteiger partial charge < -0.3 is 15.2 Å². The van der Waals surface area contributed by atoms with Gasteiger partial charge in [-0.05, 0) is 30.7 Å². The smallest absolute Gasteiger partial charge is 0.122 e. The first-order valence-corrected chi connectivity index (χ1v) is 5.93. The molecule has 16 heavy (non-hydrogen) atoms. The van der Waals surface area contributed by atoms with E-state index in [-0.39, 0.29) is 6.61 Å². The molecule has 1 aromatic rings. The molecule has 0 saturated heterocycles. The second kappa shape index (κ2) is 7.49. The summed E-state index contributed by atoms with van der Waals surface area (Å²) in [5.41, 5.74) is 1.06. The van der Waals surface area contributed by atoms with Crippen LogP contribution in [0, 0.1) is 6.92 Å². The Kier molecular flexibility index (Phi) is 6.23. The summed E-state index contributed by atoms with van der Waals surface area (Å²) in [6, 6.07) is 5.63. The molecular formula is C12H19ClNO2+. The number of rotatable bonds is 7. The van der Waals surface area contributed by atoms with Crippen molar-refractivity contribution in [1.82, 2.24) is 0 Å². The number of quaternary nitrogens is 1. The van der Waals surface area contributed by atoms with Crippen LogP contribution in [0.15, 0.2) is 18.2 Å². The summed E-state index contributed by atoms with van der Waals surface area (Å²) in [6.07, 6.45) is 0.974. The van der Waals surface area contributed by atoms with E-state index in [0.717, 1.165) is 35.8 Å². The number of aliphatic hydroxyl groups is 1. The molecule has 0 aromatic heterocycles. The highest BCUT2D eigenvalue weighted by Gasteiger charge is 2.00. The lowest BCUT2D eigenvalue weighted by Gasteiger charge is -2.08. The molecule has 90 valence electrons. The van der Waals surface area contributed by atoms with Gasteiger partial charge in [-0.2, -0.15) is 0 Å². The van der Waals surface area contributed by atoms with E-state index >= 15 is 0 Å². The van der Waals surface area contributed by atoms with Crippen LogP contribution >= 0.6 is 11.6 Å². The van der Waals surface area contributed by atoms with Crippen LogP contribution in [0.25, 0.3) is 0 Å². The minimum Gasteiger partial charge on any atom is -0.493 e. The lowest BCUT2D eigenvalue weighted by Crippen LogP contribution is -2.85. The van der Waals surface area contributed by atoms with Crippen molar-refractivity contribution in [2.24, 2.45) is 0 Å². The third kappa shape index (κ3) is 4.84. The van der Waals surface area contributed by atoms with Gasteiger partial charge in [0.25, 0.3) is 0 Å². The topological polar surface area (TPSA) is 46.1 Å². The highest BCUT2D eigenvalue weighted by atomic mass is 35.5. The average Bonchev–Trinajstić information content (AvgIpc) is 2.26. The molecule has 0 aliphatic carbocycles. The van der Waals surface area contributed by atoms with Crippen molar-refractivity contribution < 1.29 is 15.2 Å². The zero-order valence-corrected chi connectivity index (χ0v) is 10.3. The normalized spacial score (nSPS) is 10.4. The van der Waals surface area contributed by atoms with E-state index in [9.17, 15) is 0 Å². The van der Waals surface area contributed by atoms with Crippen LogP contribution in [-0.4, -0.2) is 31.4 Å². The fourth-order valence-corrected chi connectivity index (χ4v) is 1.65. The van der Waals surface area contributed by atoms with E-state index in [2.05, 4.69) is 5.32 Å². The fraction of sp³-hybridized carbons (Fsp3) is 0.500. The van der Waals surface area contributed by atoms with E-state index in [1.54, 1.807) is 0 Å². The molecule has 0 aliphatic rings. The van der Waals surface area contributed by atoms with Crippen LogP contribution in [0.1, 0.15) is 12.0 Å². The molecule has 0 atom stereocenters. The standard InChI is InChI=1S/C12H18ClNO2/c1-10-9-11(13)3-4-12(10)16-8-2-5-14-6-7-15/h3-4,9,14-15H,2,5-8H2,1H3/p+1. The van der Waals surface area contributed by atoms with Gasteiger partial charge in [-0.1, -0.05) is 11.6 Å². The van der Waals surface area contributed by atoms with E-state index in [0.29, 0.717) is 6.61 Å². The Bertz CT molecular complexity index is 318. The van der Waals surface area contributed by atoms with Crippen LogP contribution in [0.2, 0.25) is 5.02 Å². The fourth-order valence-electron chi connectivity index (χ4n) is 1.42. The average molecular weight is 245 g/mol. The first-order valence-electron chi connectivity index (χ1n) is 5.55. The lowest BCUT2D eigenvalue weighted by molar-refractivity contribution is -0.656. The van der Waals surface area contributed by atoms with E-state index < -0.39 is 0 Å². The van der Waals surface area contributed by atoms with Gasteiger partial charge in [0.2, 0.25) is 0 Å². The summed E-state index contributed by atoms with van der Waals surface area (Å²) >= 11 is 5.85. The number of hydrogen-bond donors (Lipinski definition) is 2. The molecule has 3 N–H and O–H groups in total. The number of benzene rings is 1. The third-order valence-corrected chi connectivity index (χ3v) is 2.52. The number of halogens is 1. The van der Waals surface area contributed by atoms with Gasteiger partial charge in [0, 0.05) is 11.4 Å². The van der Waals surface area contributed by atoms with Crippen LogP contribution in [0.5, 0.6) is 5.75 Å². The third-order valence-electron chi connectivity index (χ3n) is 2.28. The Morgan fingerprint density at radius 1 is 1.38 bits per heavy atom. The molecule has 1 rings (SSSR count). The predicted molar refractivity (Wildman–Crippen MR) is 65.0 cm³/mol. The zero-order valence-electron chi connectivity index (χ0n) is 9.58. The molecule has 0 unspecified atom stereocenters. The quantitative estimate of drug-likeness (QED) is 0.703. The van der Waals surface area contributed by atoms with Gasteiger partial charge >= 0.3 is 0 Å². The summed E-state index contributed by atoms with van der Waals surface area (Å²) < 4.78 is 5.63. The largest absolute Gasteiger partial charge is 0.493 e. The molecule has 0 bridgehead atoms. The molecule has 4 heteroatoms. The Morgan fingerprint density at radius 3 is 2.88 bits per heavy atom. The Morgan fingerprint density at radius 2 is 2.19 bits per heavy atom. The van der Waals surface area contributed by atoms with Crippen LogP contribution in [0.3, 0.4) is 0 Å². The van der Waals surface area contributed by atoms with Crippen molar-refractivity contribution in [3.05, 3.63) is 28.8 Å². The van der Waals surface area contributed by atoms with Crippen molar-refractivity contribution >= 4 is 11.6 Å². The monoisotopic (exact) mass is 244 g/mol. The number of nitrogens with two attached hydrogens (primary N) is 1. The van der Waals surface area contributed by atoms with Crippen LogP contribution in [0.4, 0.5) is 0 Å². The maximum absolute atomic E-state index is 8.59. The number of aliphatic hydroxyl groups excluding tert-OH is 1. The van der Waals surface area contributed by atoms with Gasteiger partial charge in [0.15, 0.2) is 0 Å². The van der Waals surface area contributed by atoms with Gasteiger partial charge in [0.1, 0.15) is 5.75 Å². The maximum atomic E-state index is 8.59. The number of hydrogen-bond acceptors (Lipinski definition) is 2. The molecule has 0 radical (unpaired) electrons. The molecule has 0 aliphatic heterocycles. The van der Waals surface area contributed by atoms with Crippen molar-refractivity contribution in [3.8, 4) is 5.75 Å².